The number of rotatable bonds is 3. The Balaban J connectivity index is 1.90. The van der Waals surface area contributed by atoms with E-state index >= 15 is 0 Å². The van der Waals surface area contributed by atoms with E-state index in [0.29, 0.717) is 6.42 Å². The Labute approximate surface area is 121 Å². The van der Waals surface area contributed by atoms with Gasteiger partial charge in [-0.25, -0.2) is 4.39 Å². The number of allylic oxidation sites excluding steroid dienone is 2. The molecular formula is C16H16FNO3. The van der Waals surface area contributed by atoms with Crippen LogP contribution in [0.5, 0.6) is 0 Å². The summed E-state index contributed by atoms with van der Waals surface area (Å²) in [7, 11) is 1.50. The molecule has 0 heterocycles. The van der Waals surface area contributed by atoms with Crippen molar-refractivity contribution in [3.63, 3.8) is 0 Å². The Bertz CT molecular complexity index is 628. The number of carboxylic acid groups (broad SMARTS) is 1. The van der Waals surface area contributed by atoms with Gasteiger partial charge in [0.2, 0.25) is 5.91 Å². The number of aliphatic carboxylic acids is 1. The van der Waals surface area contributed by atoms with Crippen LogP contribution in [0, 0.1) is 29.5 Å². The third-order valence-corrected chi connectivity index (χ3v) is 4.57. The van der Waals surface area contributed by atoms with E-state index in [0.717, 1.165) is 0 Å². The lowest BCUT2D eigenvalue weighted by Crippen LogP contribution is -2.41. The Morgan fingerprint density at radius 3 is 2.43 bits per heavy atom. The Morgan fingerprint density at radius 2 is 1.81 bits per heavy atom. The number of amides is 1. The molecule has 5 heteroatoms. The molecule has 1 saturated carbocycles. The summed E-state index contributed by atoms with van der Waals surface area (Å²) < 4.78 is 13.8. The largest absolute Gasteiger partial charge is 0.481 e. The first-order chi connectivity index (χ1) is 10.0. The number of carbonyl (C=O) groups is 2. The fourth-order valence-corrected chi connectivity index (χ4v) is 3.56. The van der Waals surface area contributed by atoms with Crippen LogP contribution < -0.4 is 4.90 Å². The molecule has 2 aliphatic carbocycles. The minimum absolute atomic E-state index is 0.0576. The van der Waals surface area contributed by atoms with E-state index in [1.165, 1.54) is 24.1 Å². The second-order valence-electron chi connectivity index (χ2n) is 5.69. The minimum Gasteiger partial charge on any atom is -0.481 e. The summed E-state index contributed by atoms with van der Waals surface area (Å²) in [5, 5.41) is 9.38. The van der Waals surface area contributed by atoms with E-state index in [-0.39, 0.29) is 23.4 Å². The summed E-state index contributed by atoms with van der Waals surface area (Å²) >= 11 is 0. The van der Waals surface area contributed by atoms with Crippen molar-refractivity contribution in [1.29, 1.82) is 0 Å². The van der Waals surface area contributed by atoms with Gasteiger partial charge in [0.05, 0.1) is 17.5 Å². The molecule has 1 N–H and O–H groups in total. The maximum atomic E-state index is 13.8. The van der Waals surface area contributed by atoms with Crippen molar-refractivity contribution < 1.29 is 19.1 Å². The van der Waals surface area contributed by atoms with E-state index in [2.05, 4.69) is 0 Å². The SMILES string of the molecule is CN(C(=O)[C@H]1C2C=CC(C2)[C@H]1C(=O)O)c1ccccc1F. The van der Waals surface area contributed by atoms with Crippen molar-refractivity contribution in [2.45, 2.75) is 6.42 Å². The molecule has 2 unspecified atom stereocenters. The molecule has 0 aliphatic heterocycles. The van der Waals surface area contributed by atoms with Crippen LogP contribution in [0.1, 0.15) is 6.42 Å². The van der Waals surface area contributed by atoms with Crippen LogP contribution >= 0.6 is 0 Å². The summed E-state index contributed by atoms with van der Waals surface area (Å²) in [6.45, 7) is 0. The highest BCUT2D eigenvalue weighted by atomic mass is 19.1. The van der Waals surface area contributed by atoms with Gasteiger partial charge in [0.1, 0.15) is 5.82 Å². The Morgan fingerprint density at radius 1 is 1.19 bits per heavy atom. The molecule has 1 amide bonds. The molecule has 2 aliphatic rings. The van der Waals surface area contributed by atoms with E-state index in [1.807, 2.05) is 12.2 Å². The zero-order valence-electron chi connectivity index (χ0n) is 11.6. The maximum absolute atomic E-state index is 13.8. The molecular weight excluding hydrogens is 273 g/mol. The van der Waals surface area contributed by atoms with Gasteiger partial charge in [0.25, 0.3) is 0 Å². The number of halogens is 1. The minimum atomic E-state index is -0.952. The van der Waals surface area contributed by atoms with Gasteiger partial charge in [-0.1, -0.05) is 24.3 Å². The number of hydrogen-bond acceptors (Lipinski definition) is 2. The van der Waals surface area contributed by atoms with Crippen molar-refractivity contribution in [3.05, 3.63) is 42.2 Å². The van der Waals surface area contributed by atoms with Gasteiger partial charge in [-0.2, -0.15) is 0 Å². The second kappa shape index (κ2) is 4.98. The zero-order valence-corrected chi connectivity index (χ0v) is 11.6. The fourth-order valence-electron chi connectivity index (χ4n) is 3.56. The van der Waals surface area contributed by atoms with Gasteiger partial charge < -0.3 is 10.0 Å². The third-order valence-electron chi connectivity index (χ3n) is 4.57. The maximum Gasteiger partial charge on any atom is 0.307 e. The van der Waals surface area contributed by atoms with Crippen LogP contribution in [0.4, 0.5) is 10.1 Å². The number of para-hydroxylation sites is 1. The molecule has 3 rings (SSSR count). The first-order valence-corrected chi connectivity index (χ1v) is 6.94. The molecule has 110 valence electrons. The average molecular weight is 289 g/mol. The number of fused-ring (bicyclic) bond motifs is 2. The zero-order chi connectivity index (χ0) is 15.1. The van der Waals surface area contributed by atoms with Crippen molar-refractivity contribution >= 4 is 17.6 Å². The van der Waals surface area contributed by atoms with Gasteiger partial charge in [0, 0.05) is 7.05 Å². The lowest BCUT2D eigenvalue weighted by molar-refractivity contribution is -0.147. The summed E-state index contributed by atoms with van der Waals surface area (Å²) in [5.74, 6) is -3.23. The molecule has 0 spiro atoms. The molecule has 0 aromatic heterocycles. The van der Waals surface area contributed by atoms with Gasteiger partial charge >= 0.3 is 5.97 Å². The first-order valence-electron chi connectivity index (χ1n) is 6.94. The Hall–Kier alpha value is -2.17. The van der Waals surface area contributed by atoms with Crippen LogP contribution in [-0.2, 0) is 9.59 Å². The number of hydrogen-bond donors (Lipinski definition) is 1. The summed E-state index contributed by atoms with van der Waals surface area (Å²) in [6.07, 6.45) is 4.50. The summed E-state index contributed by atoms with van der Waals surface area (Å²) in [5.41, 5.74) is 0.179. The van der Waals surface area contributed by atoms with E-state index < -0.39 is 23.6 Å². The molecule has 4 nitrogen and oxygen atoms in total. The van der Waals surface area contributed by atoms with Crippen LogP contribution in [0.25, 0.3) is 0 Å². The van der Waals surface area contributed by atoms with Crippen LogP contribution in [-0.4, -0.2) is 24.0 Å². The lowest BCUT2D eigenvalue weighted by Gasteiger charge is -2.28. The highest BCUT2D eigenvalue weighted by molar-refractivity contribution is 5.98. The van der Waals surface area contributed by atoms with Gasteiger partial charge in [0.15, 0.2) is 0 Å². The predicted octanol–water partition coefficient (Wildman–Crippen LogP) is 2.31. The monoisotopic (exact) mass is 289 g/mol. The van der Waals surface area contributed by atoms with Gasteiger partial charge in [-0.3, -0.25) is 9.59 Å². The van der Waals surface area contributed by atoms with Crippen molar-refractivity contribution in [3.8, 4) is 0 Å². The average Bonchev–Trinajstić information content (AvgIpc) is 3.06. The third kappa shape index (κ3) is 2.13. The smallest absolute Gasteiger partial charge is 0.307 e. The van der Waals surface area contributed by atoms with E-state index in [4.69, 9.17) is 0 Å². The fraction of sp³-hybridized carbons (Fsp3) is 0.375. The lowest BCUT2D eigenvalue weighted by atomic mass is 9.82. The van der Waals surface area contributed by atoms with Crippen molar-refractivity contribution in [2.75, 3.05) is 11.9 Å². The number of nitrogens with zero attached hydrogens (tertiary/aromatic N) is 1. The number of carbonyl (C=O) groups excluding carboxylic acids is 1. The first kappa shape index (κ1) is 13.8. The van der Waals surface area contributed by atoms with Crippen molar-refractivity contribution in [2.24, 2.45) is 23.7 Å². The van der Waals surface area contributed by atoms with Crippen LogP contribution in [0.3, 0.4) is 0 Å². The number of anilines is 1. The summed E-state index contributed by atoms with van der Waals surface area (Å²) in [6, 6.07) is 6.01. The topological polar surface area (TPSA) is 57.6 Å². The second-order valence-corrected chi connectivity index (χ2v) is 5.69. The number of benzene rings is 1. The molecule has 21 heavy (non-hydrogen) atoms. The van der Waals surface area contributed by atoms with E-state index in [1.54, 1.807) is 12.1 Å². The molecule has 2 bridgehead atoms. The molecule has 4 atom stereocenters. The molecule has 0 radical (unpaired) electrons. The molecule has 1 fully saturated rings. The Kier molecular flexibility index (Phi) is 3.27. The van der Waals surface area contributed by atoms with Crippen molar-refractivity contribution in [1.82, 2.24) is 0 Å². The quantitative estimate of drug-likeness (QED) is 0.869. The normalized spacial score (nSPS) is 29.6. The standard InChI is InChI=1S/C16H16FNO3/c1-18(12-5-3-2-4-11(12)17)15(19)13-9-6-7-10(8-9)14(13)16(20)21/h2-7,9-10,13-14H,8H2,1H3,(H,20,21)/t9?,10?,13-,14+/m0/s1. The van der Waals surface area contributed by atoms with Gasteiger partial charge in [-0.15, -0.1) is 0 Å². The predicted molar refractivity (Wildman–Crippen MR) is 75.2 cm³/mol. The molecule has 0 saturated heterocycles. The highest BCUT2D eigenvalue weighted by Gasteiger charge is 2.52. The summed E-state index contributed by atoms with van der Waals surface area (Å²) in [4.78, 5) is 25.4. The van der Waals surface area contributed by atoms with Gasteiger partial charge in [-0.05, 0) is 30.4 Å². The highest BCUT2D eigenvalue weighted by Crippen LogP contribution is 2.49. The van der Waals surface area contributed by atoms with E-state index in [9.17, 15) is 19.1 Å². The van der Waals surface area contributed by atoms with Crippen LogP contribution in [0.15, 0.2) is 36.4 Å². The number of carboxylic acids is 1. The molecule has 1 aromatic carbocycles. The van der Waals surface area contributed by atoms with Crippen LogP contribution in [0.2, 0.25) is 0 Å². The molecule has 1 aromatic rings.